The second kappa shape index (κ2) is 6.84. The highest BCUT2D eigenvalue weighted by Crippen LogP contribution is 2.35. The van der Waals surface area contributed by atoms with Crippen LogP contribution in [0.15, 0.2) is 53.4 Å². The summed E-state index contributed by atoms with van der Waals surface area (Å²) in [6.07, 6.45) is 0. The Kier molecular flexibility index (Phi) is 4.48. The molecule has 3 N–H and O–H groups in total. The van der Waals surface area contributed by atoms with Crippen LogP contribution in [-0.4, -0.2) is 24.5 Å². The molecule has 2 heterocycles. The number of aryl methyl sites for hydroxylation is 1. The molecule has 4 rings (SSSR count). The van der Waals surface area contributed by atoms with Crippen LogP contribution < -0.4 is 10.6 Å². The first-order valence-corrected chi connectivity index (χ1v) is 10.1. The van der Waals surface area contributed by atoms with E-state index in [0.717, 1.165) is 5.56 Å². The Labute approximate surface area is 160 Å². The van der Waals surface area contributed by atoms with Crippen LogP contribution in [0, 0.1) is 12.7 Å². The molecule has 1 aliphatic rings. The summed E-state index contributed by atoms with van der Waals surface area (Å²) in [5.41, 5.74) is 2.09. The zero-order valence-electron chi connectivity index (χ0n) is 14.9. The quantitative estimate of drug-likeness (QED) is 0.625. The second-order valence-electron chi connectivity index (χ2n) is 6.55. The summed E-state index contributed by atoms with van der Waals surface area (Å²) < 4.78 is 39.0. The van der Waals surface area contributed by atoms with Gasteiger partial charge in [0.1, 0.15) is 5.82 Å². The monoisotopic (exact) mass is 400 g/mol. The molecule has 9 heteroatoms. The van der Waals surface area contributed by atoms with E-state index in [1.165, 1.54) is 24.3 Å². The average molecular weight is 400 g/mol. The maximum Gasteiger partial charge on any atom is 0.256 e. The fourth-order valence-electron chi connectivity index (χ4n) is 3.15. The number of hydrogen-bond acceptors (Lipinski definition) is 5. The third-order valence-corrected chi connectivity index (χ3v) is 6.53. The number of aromatic amines is 1. The van der Waals surface area contributed by atoms with E-state index in [1.807, 2.05) is 13.0 Å². The van der Waals surface area contributed by atoms with Crippen LogP contribution >= 0.6 is 0 Å². The zero-order chi connectivity index (χ0) is 19.9. The van der Waals surface area contributed by atoms with Crippen molar-refractivity contribution in [1.82, 2.24) is 15.5 Å². The van der Waals surface area contributed by atoms with Crippen molar-refractivity contribution in [3.63, 3.8) is 0 Å². The number of rotatable bonds is 4. The lowest BCUT2D eigenvalue weighted by Gasteiger charge is -2.12. The minimum atomic E-state index is -3.68. The lowest BCUT2D eigenvalue weighted by atomic mass is 10.2. The number of amides is 1. The Bertz CT molecular complexity index is 1160. The van der Waals surface area contributed by atoms with E-state index >= 15 is 0 Å². The van der Waals surface area contributed by atoms with Crippen molar-refractivity contribution < 1.29 is 17.6 Å². The molecule has 0 spiro atoms. The van der Waals surface area contributed by atoms with Gasteiger partial charge in [-0.2, -0.15) is 5.10 Å². The molecule has 1 aliphatic heterocycles. The van der Waals surface area contributed by atoms with Gasteiger partial charge in [-0.3, -0.25) is 15.2 Å². The van der Waals surface area contributed by atoms with Crippen LogP contribution in [0.5, 0.6) is 0 Å². The number of benzene rings is 2. The standard InChI is InChI=1S/C19H17FN4O3S/c1-11-3-2-4-14(9-11)28(26,27)19-16-15(10-21-19)17(24-23-16)22-18(25)12-5-7-13(20)8-6-12/h2-9,19,21H,10H2,1H3,(H2,22,23,24,25). The highest BCUT2D eigenvalue weighted by molar-refractivity contribution is 7.91. The zero-order valence-corrected chi connectivity index (χ0v) is 15.7. The lowest BCUT2D eigenvalue weighted by molar-refractivity contribution is 0.102. The summed E-state index contributed by atoms with van der Waals surface area (Å²) in [6.45, 7) is 2.06. The van der Waals surface area contributed by atoms with Gasteiger partial charge in [0.15, 0.2) is 21.0 Å². The summed E-state index contributed by atoms with van der Waals surface area (Å²) in [5, 5.41) is 11.4. The number of H-pyrrole nitrogens is 1. The summed E-state index contributed by atoms with van der Waals surface area (Å²) in [5.74, 6) is -0.649. The molecular weight excluding hydrogens is 383 g/mol. The Morgan fingerprint density at radius 1 is 1.21 bits per heavy atom. The Morgan fingerprint density at radius 3 is 2.68 bits per heavy atom. The summed E-state index contributed by atoms with van der Waals surface area (Å²) in [7, 11) is -3.68. The van der Waals surface area contributed by atoms with Crippen molar-refractivity contribution >= 4 is 21.6 Å². The first-order valence-electron chi connectivity index (χ1n) is 8.54. The Hall–Kier alpha value is -3.04. The third kappa shape index (κ3) is 3.19. The van der Waals surface area contributed by atoms with Crippen molar-refractivity contribution in [3.05, 3.63) is 76.7 Å². The SMILES string of the molecule is Cc1cccc(S(=O)(=O)C2NCc3c(NC(=O)c4ccc(F)cc4)n[nH]c32)c1. The fourth-order valence-corrected chi connectivity index (χ4v) is 4.85. The number of carbonyl (C=O) groups is 1. The van der Waals surface area contributed by atoms with E-state index in [9.17, 15) is 17.6 Å². The van der Waals surface area contributed by atoms with Crippen molar-refractivity contribution in [3.8, 4) is 0 Å². The molecule has 0 bridgehead atoms. The second-order valence-corrected chi connectivity index (χ2v) is 8.58. The van der Waals surface area contributed by atoms with Gasteiger partial charge in [-0.25, -0.2) is 12.8 Å². The van der Waals surface area contributed by atoms with E-state index in [2.05, 4.69) is 20.8 Å². The molecule has 1 amide bonds. The molecule has 1 atom stereocenters. The van der Waals surface area contributed by atoms with Crippen LogP contribution in [0.25, 0.3) is 0 Å². The molecule has 0 saturated carbocycles. The van der Waals surface area contributed by atoms with Crippen molar-refractivity contribution in [2.24, 2.45) is 0 Å². The van der Waals surface area contributed by atoms with Gasteiger partial charge in [-0.15, -0.1) is 0 Å². The largest absolute Gasteiger partial charge is 0.305 e. The van der Waals surface area contributed by atoms with Gasteiger partial charge in [-0.1, -0.05) is 12.1 Å². The first kappa shape index (κ1) is 18.3. The molecule has 28 heavy (non-hydrogen) atoms. The highest BCUT2D eigenvalue weighted by Gasteiger charge is 2.38. The number of sulfone groups is 1. The Morgan fingerprint density at radius 2 is 1.96 bits per heavy atom. The van der Waals surface area contributed by atoms with Crippen molar-refractivity contribution in [1.29, 1.82) is 0 Å². The molecule has 0 fully saturated rings. The molecule has 144 valence electrons. The van der Waals surface area contributed by atoms with Gasteiger partial charge in [0.25, 0.3) is 5.91 Å². The predicted molar refractivity (Wildman–Crippen MR) is 101 cm³/mol. The molecule has 3 aromatic rings. The molecule has 1 unspecified atom stereocenters. The van der Waals surface area contributed by atoms with E-state index in [1.54, 1.807) is 18.2 Å². The number of hydrogen-bond donors (Lipinski definition) is 3. The highest BCUT2D eigenvalue weighted by atomic mass is 32.2. The van der Waals surface area contributed by atoms with Crippen molar-refractivity contribution in [2.75, 3.05) is 5.32 Å². The van der Waals surface area contributed by atoms with Crippen LogP contribution in [0.3, 0.4) is 0 Å². The molecule has 2 aromatic carbocycles. The molecular formula is C19H17FN4O3S. The first-order chi connectivity index (χ1) is 13.4. The summed E-state index contributed by atoms with van der Waals surface area (Å²) in [6, 6.07) is 11.8. The normalized spacial score (nSPS) is 16.0. The molecule has 0 aliphatic carbocycles. The van der Waals surface area contributed by atoms with Crippen LogP contribution in [-0.2, 0) is 16.4 Å². The number of anilines is 1. The summed E-state index contributed by atoms with van der Waals surface area (Å²) >= 11 is 0. The fraction of sp³-hybridized carbons (Fsp3) is 0.158. The third-order valence-electron chi connectivity index (χ3n) is 4.59. The minimum absolute atomic E-state index is 0.212. The van der Waals surface area contributed by atoms with Gasteiger partial charge in [0.05, 0.1) is 10.6 Å². The van der Waals surface area contributed by atoms with Crippen molar-refractivity contribution in [2.45, 2.75) is 23.7 Å². The molecule has 7 nitrogen and oxygen atoms in total. The number of nitrogens with zero attached hydrogens (tertiary/aromatic N) is 1. The maximum absolute atomic E-state index is 13.0. The Balaban J connectivity index is 1.60. The predicted octanol–water partition coefficient (Wildman–Crippen LogP) is 2.69. The smallest absolute Gasteiger partial charge is 0.256 e. The van der Waals surface area contributed by atoms with E-state index in [4.69, 9.17) is 0 Å². The average Bonchev–Trinajstić information content (AvgIpc) is 3.25. The summed E-state index contributed by atoms with van der Waals surface area (Å²) in [4.78, 5) is 12.5. The van der Waals surface area contributed by atoms with E-state index in [-0.39, 0.29) is 22.8 Å². The van der Waals surface area contributed by atoms with Gasteiger partial charge in [-0.05, 0) is 48.9 Å². The topological polar surface area (TPSA) is 104 Å². The number of nitrogens with one attached hydrogen (secondary N) is 3. The number of fused-ring (bicyclic) bond motifs is 1. The van der Waals surface area contributed by atoms with Gasteiger partial charge in [0.2, 0.25) is 0 Å². The number of aromatic nitrogens is 2. The number of carbonyl (C=O) groups excluding carboxylic acids is 1. The minimum Gasteiger partial charge on any atom is -0.305 e. The van der Waals surface area contributed by atoms with E-state index < -0.39 is 26.9 Å². The maximum atomic E-state index is 13.0. The van der Waals surface area contributed by atoms with Gasteiger partial charge < -0.3 is 5.32 Å². The molecule has 1 aromatic heterocycles. The number of halogens is 1. The van der Waals surface area contributed by atoms with E-state index in [0.29, 0.717) is 11.3 Å². The van der Waals surface area contributed by atoms with Crippen LogP contribution in [0.2, 0.25) is 0 Å². The van der Waals surface area contributed by atoms with Crippen LogP contribution in [0.1, 0.15) is 32.6 Å². The van der Waals surface area contributed by atoms with Crippen LogP contribution in [0.4, 0.5) is 10.2 Å². The lowest BCUT2D eigenvalue weighted by Crippen LogP contribution is -2.23. The molecule has 0 radical (unpaired) electrons. The van der Waals surface area contributed by atoms with Gasteiger partial charge in [0, 0.05) is 17.7 Å². The molecule has 0 saturated heterocycles. The van der Waals surface area contributed by atoms with Gasteiger partial charge >= 0.3 is 0 Å².